The van der Waals surface area contributed by atoms with E-state index in [1.54, 1.807) is 0 Å². The Bertz CT molecular complexity index is 530. The van der Waals surface area contributed by atoms with Gasteiger partial charge in [-0.2, -0.15) is 0 Å². The second-order valence-corrected chi connectivity index (χ2v) is 5.81. The van der Waals surface area contributed by atoms with Crippen LogP contribution in [-0.2, 0) is 20.7 Å². The standard InChI is InChI=1S/C16H19NO4/c18-15(12-9-11-6-7-14(12)21-11)17-13(16(19)20)8-10-4-2-1-3-5-10/h1-5,11-14H,6-9H2,(H,17,18)(H,19,20)/t11?,12?,13-,14?/m1/s1. The highest BCUT2D eigenvalue weighted by molar-refractivity contribution is 5.85. The third-order valence-corrected chi connectivity index (χ3v) is 4.34. The van der Waals surface area contributed by atoms with Gasteiger partial charge in [0.1, 0.15) is 6.04 Å². The first-order valence-electron chi connectivity index (χ1n) is 7.36. The summed E-state index contributed by atoms with van der Waals surface area (Å²) < 4.78 is 5.66. The lowest BCUT2D eigenvalue weighted by molar-refractivity contribution is -0.142. The Morgan fingerprint density at radius 3 is 2.62 bits per heavy atom. The van der Waals surface area contributed by atoms with Crippen LogP contribution in [0.25, 0.3) is 0 Å². The molecule has 21 heavy (non-hydrogen) atoms. The van der Waals surface area contributed by atoms with Crippen LogP contribution in [0.4, 0.5) is 0 Å². The third-order valence-electron chi connectivity index (χ3n) is 4.34. The van der Waals surface area contributed by atoms with Crippen molar-refractivity contribution >= 4 is 11.9 Å². The molecular formula is C16H19NO4. The van der Waals surface area contributed by atoms with Crippen molar-refractivity contribution < 1.29 is 19.4 Å². The van der Waals surface area contributed by atoms with Crippen molar-refractivity contribution in [3.8, 4) is 0 Å². The van der Waals surface area contributed by atoms with Crippen LogP contribution in [0.3, 0.4) is 0 Å². The normalized spacial score (nSPS) is 28.3. The fourth-order valence-electron chi connectivity index (χ4n) is 3.24. The lowest BCUT2D eigenvalue weighted by Gasteiger charge is -2.21. The van der Waals surface area contributed by atoms with Gasteiger partial charge in [0.05, 0.1) is 18.1 Å². The van der Waals surface area contributed by atoms with Crippen molar-refractivity contribution in [2.75, 3.05) is 0 Å². The van der Waals surface area contributed by atoms with Gasteiger partial charge in [-0.1, -0.05) is 30.3 Å². The number of carboxylic acid groups (broad SMARTS) is 1. The minimum Gasteiger partial charge on any atom is -0.480 e. The average Bonchev–Trinajstić information content (AvgIpc) is 3.10. The molecule has 0 aliphatic carbocycles. The van der Waals surface area contributed by atoms with Gasteiger partial charge in [0.2, 0.25) is 5.91 Å². The highest BCUT2D eigenvalue weighted by Crippen LogP contribution is 2.38. The molecule has 5 heteroatoms. The summed E-state index contributed by atoms with van der Waals surface area (Å²) in [7, 11) is 0. The molecule has 1 aromatic rings. The molecule has 0 radical (unpaired) electrons. The molecule has 2 fully saturated rings. The molecule has 2 heterocycles. The van der Waals surface area contributed by atoms with Gasteiger partial charge in [0.25, 0.3) is 0 Å². The maximum Gasteiger partial charge on any atom is 0.326 e. The molecule has 1 aromatic carbocycles. The highest BCUT2D eigenvalue weighted by Gasteiger charge is 2.45. The van der Waals surface area contributed by atoms with Gasteiger partial charge in [-0.3, -0.25) is 4.79 Å². The van der Waals surface area contributed by atoms with Gasteiger partial charge >= 0.3 is 5.97 Å². The Balaban J connectivity index is 1.62. The van der Waals surface area contributed by atoms with Gasteiger partial charge in [-0.05, 0) is 24.8 Å². The first-order valence-corrected chi connectivity index (χ1v) is 7.36. The summed E-state index contributed by atoms with van der Waals surface area (Å²) in [6.45, 7) is 0. The fourth-order valence-corrected chi connectivity index (χ4v) is 3.24. The summed E-state index contributed by atoms with van der Waals surface area (Å²) >= 11 is 0. The zero-order chi connectivity index (χ0) is 14.8. The number of amides is 1. The summed E-state index contributed by atoms with van der Waals surface area (Å²) in [4.78, 5) is 23.7. The molecule has 2 aliphatic rings. The van der Waals surface area contributed by atoms with Crippen LogP contribution in [0.15, 0.2) is 30.3 Å². The molecule has 1 amide bonds. The molecule has 112 valence electrons. The average molecular weight is 289 g/mol. The van der Waals surface area contributed by atoms with Crippen molar-refractivity contribution in [2.45, 2.75) is 43.9 Å². The molecule has 0 aromatic heterocycles. The maximum absolute atomic E-state index is 12.3. The van der Waals surface area contributed by atoms with Crippen LogP contribution in [0.1, 0.15) is 24.8 Å². The zero-order valence-electron chi connectivity index (χ0n) is 11.7. The number of carbonyl (C=O) groups excluding carboxylic acids is 1. The highest BCUT2D eigenvalue weighted by atomic mass is 16.5. The number of aliphatic carboxylic acids is 1. The molecule has 2 aliphatic heterocycles. The van der Waals surface area contributed by atoms with Gasteiger partial charge in [-0.25, -0.2) is 4.79 Å². The van der Waals surface area contributed by atoms with Crippen molar-refractivity contribution in [1.82, 2.24) is 5.32 Å². The molecular weight excluding hydrogens is 270 g/mol. The van der Waals surface area contributed by atoms with E-state index >= 15 is 0 Å². The largest absolute Gasteiger partial charge is 0.480 e. The van der Waals surface area contributed by atoms with Crippen LogP contribution < -0.4 is 5.32 Å². The maximum atomic E-state index is 12.3. The Hall–Kier alpha value is -1.88. The molecule has 3 rings (SSSR count). The Morgan fingerprint density at radius 1 is 1.29 bits per heavy atom. The summed E-state index contributed by atoms with van der Waals surface area (Å²) in [5.41, 5.74) is 0.898. The predicted octanol–water partition coefficient (Wildman–Crippen LogP) is 1.37. The molecule has 2 bridgehead atoms. The van der Waals surface area contributed by atoms with E-state index in [1.165, 1.54) is 0 Å². The number of rotatable bonds is 5. The van der Waals surface area contributed by atoms with E-state index in [0.29, 0.717) is 12.8 Å². The number of hydrogen-bond donors (Lipinski definition) is 2. The van der Waals surface area contributed by atoms with E-state index < -0.39 is 12.0 Å². The topological polar surface area (TPSA) is 75.6 Å². The van der Waals surface area contributed by atoms with E-state index in [-0.39, 0.29) is 24.0 Å². The monoisotopic (exact) mass is 289 g/mol. The summed E-state index contributed by atoms with van der Waals surface area (Å²) in [5, 5.41) is 12.0. The number of fused-ring (bicyclic) bond motifs is 2. The van der Waals surface area contributed by atoms with Gasteiger partial charge in [-0.15, -0.1) is 0 Å². The second kappa shape index (κ2) is 5.85. The number of benzene rings is 1. The molecule has 5 nitrogen and oxygen atoms in total. The number of nitrogens with one attached hydrogen (secondary N) is 1. The molecule has 2 saturated heterocycles. The third kappa shape index (κ3) is 3.08. The van der Waals surface area contributed by atoms with Gasteiger partial charge in [0.15, 0.2) is 0 Å². The van der Waals surface area contributed by atoms with E-state index in [0.717, 1.165) is 18.4 Å². The van der Waals surface area contributed by atoms with Crippen molar-refractivity contribution in [2.24, 2.45) is 5.92 Å². The number of carbonyl (C=O) groups is 2. The first-order chi connectivity index (χ1) is 10.1. The van der Waals surface area contributed by atoms with Gasteiger partial charge < -0.3 is 15.2 Å². The number of carboxylic acids is 1. The number of ether oxygens (including phenoxy) is 1. The Kier molecular flexibility index (Phi) is 3.92. The summed E-state index contributed by atoms with van der Waals surface area (Å²) in [6, 6.07) is 8.44. The minimum atomic E-state index is -1.00. The first kappa shape index (κ1) is 14.1. The Morgan fingerprint density at radius 2 is 2.05 bits per heavy atom. The smallest absolute Gasteiger partial charge is 0.326 e. The Labute approximate surface area is 123 Å². The predicted molar refractivity (Wildman–Crippen MR) is 75.7 cm³/mol. The SMILES string of the molecule is O=C(N[C@H](Cc1ccccc1)C(=O)O)C1CC2CCC1O2. The van der Waals surface area contributed by atoms with E-state index in [9.17, 15) is 14.7 Å². The van der Waals surface area contributed by atoms with Gasteiger partial charge in [0, 0.05) is 6.42 Å². The van der Waals surface area contributed by atoms with E-state index in [1.807, 2.05) is 30.3 Å². The van der Waals surface area contributed by atoms with Crippen molar-refractivity contribution in [3.63, 3.8) is 0 Å². The van der Waals surface area contributed by atoms with E-state index in [4.69, 9.17) is 4.74 Å². The second-order valence-electron chi connectivity index (χ2n) is 5.81. The summed E-state index contributed by atoms with van der Waals surface area (Å²) in [5.74, 6) is -1.39. The molecule has 0 saturated carbocycles. The lowest BCUT2D eigenvalue weighted by atomic mass is 9.88. The summed E-state index contributed by atoms with van der Waals surface area (Å²) in [6.07, 6.45) is 3.09. The van der Waals surface area contributed by atoms with Crippen LogP contribution in [0.5, 0.6) is 0 Å². The van der Waals surface area contributed by atoms with Crippen molar-refractivity contribution in [3.05, 3.63) is 35.9 Å². The van der Waals surface area contributed by atoms with Crippen LogP contribution in [0.2, 0.25) is 0 Å². The number of hydrogen-bond acceptors (Lipinski definition) is 3. The molecule has 0 spiro atoms. The van der Waals surface area contributed by atoms with E-state index in [2.05, 4.69) is 5.32 Å². The molecule has 3 unspecified atom stereocenters. The van der Waals surface area contributed by atoms with Crippen molar-refractivity contribution in [1.29, 1.82) is 0 Å². The fraction of sp³-hybridized carbons (Fsp3) is 0.500. The quantitative estimate of drug-likeness (QED) is 0.858. The van der Waals surface area contributed by atoms with Crippen LogP contribution >= 0.6 is 0 Å². The van der Waals surface area contributed by atoms with Crippen LogP contribution in [0, 0.1) is 5.92 Å². The lowest BCUT2D eigenvalue weighted by Crippen LogP contribution is -2.46. The molecule has 4 atom stereocenters. The zero-order valence-corrected chi connectivity index (χ0v) is 11.7. The molecule has 2 N–H and O–H groups in total. The van der Waals surface area contributed by atoms with Crippen LogP contribution in [-0.4, -0.2) is 35.2 Å². The minimum absolute atomic E-state index is 0.0267.